The zero-order valence-corrected chi connectivity index (χ0v) is 9.52. The average molecular weight is 242 g/mol. The normalized spacial score (nSPS) is 11.5. The van der Waals surface area contributed by atoms with Gasteiger partial charge in [0, 0.05) is 12.2 Å². The first-order valence-electron chi connectivity index (χ1n) is 5.17. The Balaban J connectivity index is 2.63. The van der Waals surface area contributed by atoms with Crippen LogP contribution in [-0.4, -0.2) is 30.9 Å². The highest BCUT2D eigenvalue weighted by atomic mass is 19.1. The van der Waals surface area contributed by atoms with Crippen LogP contribution in [0, 0.1) is 5.82 Å². The van der Waals surface area contributed by atoms with Crippen molar-refractivity contribution >= 4 is 5.84 Å². The van der Waals surface area contributed by atoms with Crippen LogP contribution in [0.3, 0.4) is 0 Å². The highest BCUT2D eigenvalue weighted by Crippen LogP contribution is 2.18. The number of benzene rings is 1. The number of amidine groups is 1. The first-order valence-corrected chi connectivity index (χ1v) is 5.17. The summed E-state index contributed by atoms with van der Waals surface area (Å²) < 4.78 is 23.7. The summed E-state index contributed by atoms with van der Waals surface area (Å²) in [5, 5.41) is 11.2. The fourth-order valence-electron chi connectivity index (χ4n) is 1.19. The summed E-state index contributed by atoms with van der Waals surface area (Å²) in [4.78, 5) is 0. The fraction of sp³-hybridized carbons (Fsp3) is 0.364. The summed E-state index contributed by atoms with van der Waals surface area (Å²) in [7, 11) is 0. The number of halogens is 1. The van der Waals surface area contributed by atoms with Gasteiger partial charge in [0.2, 0.25) is 0 Å². The summed E-state index contributed by atoms with van der Waals surface area (Å²) in [6.45, 7) is 3.13. The molecule has 0 aromatic heterocycles. The third-order valence-corrected chi connectivity index (χ3v) is 2.02. The summed E-state index contributed by atoms with van der Waals surface area (Å²) in [5.41, 5.74) is 5.62. The summed E-state index contributed by atoms with van der Waals surface area (Å²) in [5.74, 6) is -0.602. The van der Waals surface area contributed by atoms with Gasteiger partial charge in [-0.15, -0.1) is 0 Å². The quantitative estimate of drug-likeness (QED) is 0.259. The Morgan fingerprint density at radius 3 is 2.82 bits per heavy atom. The monoisotopic (exact) mass is 242 g/mol. The maximum absolute atomic E-state index is 13.5. The average Bonchev–Trinajstić information content (AvgIpc) is 2.35. The zero-order valence-electron chi connectivity index (χ0n) is 9.52. The zero-order chi connectivity index (χ0) is 12.7. The minimum Gasteiger partial charge on any atom is -0.488 e. The van der Waals surface area contributed by atoms with E-state index in [1.54, 1.807) is 0 Å². The van der Waals surface area contributed by atoms with Crippen molar-refractivity contribution in [2.24, 2.45) is 10.9 Å². The number of ether oxygens (including phenoxy) is 2. The molecule has 0 radical (unpaired) electrons. The van der Waals surface area contributed by atoms with Crippen molar-refractivity contribution in [3.8, 4) is 5.75 Å². The molecule has 5 nitrogen and oxygen atoms in total. The van der Waals surface area contributed by atoms with E-state index in [1.165, 1.54) is 12.1 Å². The molecule has 0 fully saturated rings. The van der Waals surface area contributed by atoms with E-state index < -0.39 is 5.82 Å². The smallest absolute Gasteiger partial charge is 0.170 e. The first-order chi connectivity index (χ1) is 8.19. The van der Waals surface area contributed by atoms with E-state index in [0.29, 0.717) is 18.8 Å². The van der Waals surface area contributed by atoms with Gasteiger partial charge < -0.3 is 20.4 Å². The standard InChI is InChI=1S/C11H15FN2O3/c1-2-16-5-6-17-10-4-3-8(7-9(10)12)11(13)14-15/h3-4,7,15H,2,5-6H2,1H3,(H2,13,14). The minimum absolute atomic E-state index is 0.110. The van der Waals surface area contributed by atoms with E-state index >= 15 is 0 Å². The van der Waals surface area contributed by atoms with Crippen molar-refractivity contribution in [3.63, 3.8) is 0 Å². The molecule has 17 heavy (non-hydrogen) atoms. The molecule has 0 saturated carbocycles. The molecule has 94 valence electrons. The number of hydrogen-bond donors (Lipinski definition) is 2. The highest BCUT2D eigenvalue weighted by Gasteiger charge is 2.07. The molecule has 1 rings (SSSR count). The fourth-order valence-corrected chi connectivity index (χ4v) is 1.19. The first kappa shape index (κ1) is 13.2. The Hall–Kier alpha value is -1.82. The third-order valence-electron chi connectivity index (χ3n) is 2.02. The second kappa shape index (κ2) is 6.70. The molecule has 1 aromatic carbocycles. The maximum Gasteiger partial charge on any atom is 0.170 e. The molecule has 0 unspecified atom stereocenters. The van der Waals surface area contributed by atoms with E-state index in [2.05, 4.69) is 5.16 Å². The van der Waals surface area contributed by atoms with Gasteiger partial charge in [-0.05, 0) is 25.1 Å². The van der Waals surface area contributed by atoms with Crippen molar-refractivity contribution in [3.05, 3.63) is 29.6 Å². The second-order valence-electron chi connectivity index (χ2n) is 3.18. The molecule has 1 aromatic rings. The molecule has 0 heterocycles. The van der Waals surface area contributed by atoms with Gasteiger partial charge in [0.15, 0.2) is 17.4 Å². The molecule has 0 aliphatic carbocycles. The molecule has 6 heteroatoms. The number of hydrogen-bond acceptors (Lipinski definition) is 4. The van der Waals surface area contributed by atoms with Crippen LogP contribution in [0.2, 0.25) is 0 Å². The van der Waals surface area contributed by atoms with Gasteiger partial charge in [-0.2, -0.15) is 0 Å². The molecule has 0 spiro atoms. The van der Waals surface area contributed by atoms with Crippen LogP contribution in [0.15, 0.2) is 23.4 Å². The predicted molar refractivity (Wildman–Crippen MR) is 60.9 cm³/mol. The van der Waals surface area contributed by atoms with Gasteiger partial charge in [-0.3, -0.25) is 0 Å². The van der Waals surface area contributed by atoms with E-state index in [0.717, 1.165) is 6.07 Å². The number of nitrogens with zero attached hydrogens (tertiary/aromatic N) is 1. The SMILES string of the molecule is CCOCCOc1ccc(/C(N)=N/O)cc1F. The van der Waals surface area contributed by atoms with Gasteiger partial charge >= 0.3 is 0 Å². The third kappa shape index (κ3) is 3.92. The van der Waals surface area contributed by atoms with Crippen LogP contribution in [0.25, 0.3) is 0 Å². The van der Waals surface area contributed by atoms with Crippen molar-refractivity contribution in [1.29, 1.82) is 0 Å². The number of oxime groups is 1. The van der Waals surface area contributed by atoms with Crippen LogP contribution in [0.5, 0.6) is 5.75 Å². The summed E-state index contributed by atoms with van der Waals surface area (Å²) in [6.07, 6.45) is 0. The Labute approximate surface area is 98.6 Å². The van der Waals surface area contributed by atoms with E-state index in [4.69, 9.17) is 20.4 Å². The molecule has 0 aliphatic heterocycles. The summed E-state index contributed by atoms with van der Waals surface area (Å²) in [6, 6.07) is 4.08. The van der Waals surface area contributed by atoms with E-state index in [1.807, 2.05) is 6.92 Å². The van der Waals surface area contributed by atoms with Crippen molar-refractivity contribution in [2.45, 2.75) is 6.92 Å². The molecule has 0 bridgehead atoms. The largest absolute Gasteiger partial charge is 0.488 e. The molecule has 0 amide bonds. The number of rotatable bonds is 6. The van der Waals surface area contributed by atoms with Crippen LogP contribution in [-0.2, 0) is 4.74 Å². The lowest BCUT2D eigenvalue weighted by atomic mass is 10.2. The predicted octanol–water partition coefficient (Wildman–Crippen LogP) is 1.34. The molecular formula is C11H15FN2O3. The Kier molecular flexibility index (Phi) is 5.22. The Morgan fingerprint density at radius 1 is 1.47 bits per heavy atom. The molecule has 0 atom stereocenters. The van der Waals surface area contributed by atoms with Crippen molar-refractivity contribution in [2.75, 3.05) is 19.8 Å². The van der Waals surface area contributed by atoms with Crippen LogP contribution < -0.4 is 10.5 Å². The van der Waals surface area contributed by atoms with Crippen molar-refractivity contribution in [1.82, 2.24) is 0 Å². The van der Waals surface area contributed by atoms with Gasteiger partial charge in [0.05, 0.1) is 6.61 Å². The van der Waals surface area contributed by atoms with Gasteiger partial charge in [-0.1, -0.05) is 5.16 Å². The lowest BCUT2D eigenvalue weighted by Gasteiger charge is -2.08. The van der Waals surface area contributed by atoms with E-state index in [9.17, 15) is 4.39 Å². The molecule has 0 saturated heterocycles. The van der Waals surface area contributed by atoms with E-state index in [-0.39, 0.29) is 18.2 Å². The topological polar surface area (TPSA) is 77.1 Å². The second-order valence-corrected chi connectivity index (χ2v) is 3.18. The van der Waals surface area contributed by atoms with Crippen LogP contribution in [0.4, 0.5) is 4.39 Å². The Morgan fingerprint density at radius 2 is 2.24 bits per heavy atom. The maximum atomic E-state index is 13.5. The van der Waals surface area contributed by atoms with Gasteiger partial charge in [0.25, 0.3) is 0 Å². The van der Waals surface area contributed by atoms with Crippen LogP contribution in [0.1, 0.15) is 12.5 Å². The highest BCUT2D eigenvalue weighted by molar-refractivity contribution is 5.97. The lowest BCUT2D eigenvalue weighted by Crippen LogP contribution is -2.13. The van der Waals surface area contributed by atoms with Crippen LogP contribution >= 0.6 is 0 Å². The number of nitrogens with two attached hydrogens (primary N) is 1. The molecule has 3 N–H and O–H groups in total. The Bertz CT molecular complexity index is 396. The lowest BCUT2D eigenvalue weighted by molar-refractivity contribution is 0.108. The minimum atomic E-state index is -0.564. The molecular weight excluding hydrogens is 227 g/mol. The van der Waals surface area contributed by atoms with Gasteiger partial charge in [-0.25, -0.2) is 4.39 Å². The van der Waals surface area contributed by atoms with Crippen molar-refractivity contribution < 1.29 is 19.1 Å². The molecule has 0 aliphatic rings. The summed E-state index contributed by atoms with van der Waals surface area (Å²) >= 11 is 0. The van der Waals surface area contributed by atoms with Gasteiger partial charge in [0.1, 0.15) is 6.61 Å².